The first kappa shape index (κ1) is 18.8. The van der Waals surface area contributed by atoms with E-state index in [9.17, 15) is 8.68 Å². The van der Waals surface area contributed by atoms with Gasteiger partial charge < -0.3 is 9.72 Å². The second kappa shape index (κ2) is 6.63. The van der Waals surface area contributed by atoms with Crippen molar-refractivity contribution in [3.05, 3.63) is 28.9 Å². The van der Waals surface area contributed by atoms with Gasteiger partial charge in [-0.05, 0) is 45.4 Å². The first-order valence-electron chi connectivity index (χ1n) is 7.98. The largest absolute Gasteiger partial charge is 0.443 e. The smallest absolute Gasteiger partial charge is 0.414 e. The predicted octanol–water partition coefficient (Wildman–Crippen LogP) is 6.03. The van der Waals surface area contributed by atoms with E-state index in [2.05, 4.69) is 9.97 Å². The van der Waals surface area contributed by atoms with Crippen LogP contribution in [0.3, 0.4) is 0 Å². The Morgan fingerprint density at radius 3 is 2.69 bits per heavy atom. The fourth-order valence-corrected chi connectivity index (χ4v) is 3.34. The maximum absolute atomic E-state index is 13.1. The van der Waals surface area contributed by atoms with Crippen LogP contribution in [-0.2, 0) is 4.74 Å². The van der Waals surface area contributed by atoms with Gasteiger partial charge >= 0.3 is 6.09 Å². The number of amides is 1. The molecule has 138 valence electrons. The summed E-state index contributed by atoms with van der Waals surface area (Å²) >= 11 is 6.45. The van der Waals surface area contributed by atoms with Crippen LogP contribution >= 0.6 is 23.7 Å². The zero-order valence-electron chi connectivity index (χ0n) is 15.1. The number of anilines is 1. The molecule has 0 fully saturated rings. The summed E-state index contributed by atoms with van der Waals surface area (Å²) < 4.78 is 18.6. The molecule has 3 rings (SSSR count). The summed E-state index contributed by atoms with van der Waals surface area (Å²) in [5.74, 6) is 0. The van der Waals surface area contributed by atoms with Gasteiger partial charge in [0.1, 0.15) is 11.2 Å². The molecular formula is C18H19ClFN3O2S. The Kier molecular flexibility index (Phi) is 4.79. The predicted molar refractivity (Wildman–Crippen MR) is 105 cm³/mol. The highest BCUT2D eigenvalue weighted by atomic mass is 35.5. The molecule has 0 aliphatic rings. The Morgan fingerprint density at radius 1 is 1.38 bits per heavy atom. The molecule has 3 aromatic rings. The zero-order valence-corrected chi connectivity index (χ0v) is 16.7. The van der Waals surface area contributed by atoms with Crippen molar-refractivity contribution < 1.29 is 13.4 Å². The molecule has 0 spiro atoms. The van der Waals surface area contributed by atoms with E-state index >= 15 is 0 Å². The standard InChI is InChI=1S/C18H19ClFN3O2S/c1-9-13(26-20)8-21-16-14(9)11-6-10(19)7-12(15(11)22-16)23(5)17(24)25-18(2,3)4/h6-8H,1-5H3,(H,21,22). The highest BCUT2D eigenvalue weighted by Gasteiger charge is 2.24. The van der Waals surface area contributed by atoms with Crippen LogP contribution in [0.25, 0.3) is 21.9 Å². The van der Waals surface area contributed by atoms with Crippen molar-refractivity contribution in [3.8, 4) is 0 Å². The van der Waals surface area contributed by atoms with Crippen LogP contribution < -0.4 is 4.90 Å². The van der Waals surface area contributed by atoms with Gasteiger partial charge in [-0.1, -0.05) is 11.6 Å². The fourth-order valence-electron chi connectivity index (χ4n) is 2.82. The molecule has 0 aliphatic carbocycles. The number of aromatic nitrogens is 2. The van der Waals surface area contributed by atoms with Crippen molar-refractivity contribution in [1.82, 2.24) is 9.97 Å². The summed E-state index contributed by atoms with van der Waals surface area (Å²) in [6, 6.07) is 3.47. The molecule has 2 aromatic heterocycles. The molecule has 2 heterocycles. The number of hydrogen-bond acceptors (Lipinski definition) is 4. The molecule has 0 saturated carbocycles. The van der Waals surface area contributed by atoms with E-state index in [0.717, 1.165) is 16.3 Å². The number of pyridine rings is 1. The lowest BCUT2D eigenvalue weighted by atomic mass is 10.1. The molecular weight excluding hydrogens is 377 g/mol. The molecule has 0 radical (unpaired) electrons. The van der Waals surface area contributed by atoms with Crippen molar-refractivity contribution in [2.75, 3.05) is 11.9 Å². The van der Waals surface area contributed by atoms with Gasteiger partial charge in [0.15, 0.2) is 0 Å². The first-order chi connectivity index (χ1) is 12.1. The summed E-state index contributed by atoms with van der Waals surface area (Å²) in [4.78, 5) is 21.8. The maximum atomic E-state index is 13.1. The molecule has 0 bridgehead atoms. The Bertz CT molecular complexity index is 1010. The summed E-state index contributed by atoms with van der Waals surface area (Å²) in [6.45, 7) is 7.24. The summed E-state index contributed by atoms with van der Waals surface area (Å²) in [6.07, 6.45) is 0.987. The number of aryl methyl sites for hydroxylation is 1. The van der Waals surface area contributed by atoms with Crippen LogP contribution in [0.4, 0.5) is 14.4 Å². The number of carbonyl (C=O) groups is 1. The first-order valence-corrected chi connectivity index (χ1v) is 9.07. The number of rotatable bonds is 2. The van der Waals surface area contributed by atoms with Gasteiger partial charge in [0, 0.05) is 29.0 Å². The lowest BCUT2D eigenvalue weighted by Crippen LogP contribution is -2.34. The van der Waals surface area contributed by atoms with E-state index in [1.54, 1.807) is 40.0 Å². The zero-order chi connectivity index (χ0) is 19.2. The summed E-state index contributed by atoms with van der Waals surface area (Å²) in [5.41, 5.74) is 2.01. The van der Waals surface area contributed by atoms with Crippen LogP contribution in [0.5, 0.6) is 0 Å². The number of aromatic amines is 1. The van der Waals surface area contributed by atoms with E-state index in [-0.39, 0.29) is 12.1 Å². The molecule has 0 saturated heterocycles. The molecule has 0 unspecified atom stereocenters. The number of benzene rings is 1. The quantitative estimate of drug-likeness (QED) is 0.575. The molecule has 1 aromatic carbocycles. The van der Waals surface area contributed by atoms with Gasteiger partial charge in [-0.25, -0.2) is 9.78 Å². The van der Waals surface area contributed by atoms with Gasteiger partial charge in [0.25, 0.3) is 0 Å². The van der Waals surface area contributed by atoms with E-state index in [1.807, 2.05) is 6.92 Å². The van der Waals surface area contributed by atoms with Crippen molar-refractivity contribution in [3.63, 3.8) is 0 Å². The van der Waals surface area contributed by atoms with Crippen molar-refractivity contribution in [2.24, 2.45) is 0 Å². The van der Waals surface area contributed by atoms with Gasteiger partial charge in [-0.2, -0.15) is 3.89 Å². The minimum absolute atomic E-state index is 0.154. The second-order valence-corrected chi connectivity index (χ2v) is 8.09. The lowest BCUT2D eigenvalue weighted by molar-refractivity contribution is 0.0589. The number of nitrogens with one attached hydrogen (secondary N) is 1. The van der Waals surface area contributed by atoms with Crippen LogP contribution in [0, 0.1) is 6.92 Å². The van der Waals surface area contributed by atoms with Crippen LogP contribution in [-0.4, -0.2) is 28.7 Å². The van der Waals surface area contributed by atoms with E-state index in [4.69, 9.17) is 16.3 Å². The van der Waals surface area contributed by atoms with E-state index in [1.165, 1.54) is 11.1 Å². The maximum Gasteiger partial charge on any atom is 0.414 e. The minimum atomic E-state index is -0.616. The van der Waals surface area contributed by atoms with Gasteiger partial charge in [0.05, 0.1) is 28.2 Å². The molecule has 1 N–H and O–H groups in total. The van der Waals surface area contributed by atoms with Gasteiger partial charge in [-0.15, -0.1) is 0 Å². The number of ether oxygens (including phenoxy) is 1. The van der Waals surface area contributed by atoms with Crippen molar-refractivity contribution in [2.45, 2.75) is 38.2 Å². The number of nitrogens with zero attached hydrogens (tertiary/aromatic N) is 2. The van der Waals surface area contributed by atoms with Crippen molar-refractivity contribution in [1.29, 1.82) is 0 Å². The highest BCUT2D eigenvalue weighted by Crippen LogP contribution is 2.38. The van der Waals surface area contributed by atoms with E-state index in [0.29, 0.717) is 26.8 Å². The van der Waals surface area contributed by atoms with Gasteiger partial charge in [-0.3, -0.25) is 4.90 Å². The Balaban J connectivity index is 2.22. The molecule has 26 heavy (non-hydrogen) atoms. The fraction of sp³-hybridized carbons (Fsp3) is 0.333. The second-order valence-electron chi connectivity index (χ2n) is 7.06. The summed E-state index contributed by atoms with van der Waals surface area (Å²) in [7, 11) is 1.62. The Labute approximate surface area is 160 Å². The number of carbonyl (C=O) groups excluding carboxylic acids is 1. The topological polar surface area (TPSA) is 58.2 Å². The Hall–Kier alpha value is -1.99. The summed E-state index contributed by atoms with van der Waals surface area (Å²) in [5, 5.41) is 2.02. The minimum Gasteiger partial charge on any atom is -0.443 e. The monoisotopic (exact) mass is 395 g/mol. The average Bonchev–Trinajstić information content (AvgIpc) is 2.91. The number of hydrogen-bond donors (Lipinski definition) is 1. The number of H-pyrrole nitrogens is 1. The normalized spacial score (nSPS) is 12.0. The van der Waals surface area contributed by atoms with E-state index < -0.39 is 11.7 Å². The van der Waals surface area contributed by atoms with Crippen molar-refractivity contribution >= 4 is 57.5 Å². The average molecular weight is 396 g/mol. The Morgan fingerprint density at radius 2 is 2.08 bits per heavy atom. The SMILES string of the molecule is Cc1c(SF)cnc2[nH]c3c(N(C)C(=O)OC(C)(C)C)cc(Cl)cc3c12. The molecule has 0 atom stereocenters. The third-order valence-electron chi connectivity index (χ3n) is 4.00. The number of fused-ring (bicyclic) bond motifs is 3. The van der Waals surface area contributed by atoms with Crippen LogP contribution in [0.1, 0.15) is 26.3 Å². The lowest BCUT2D eigenvalue weighted by Gasteiger charge is -2.25. The third-order valence-corrected chi connectivity index (χ3v) is 4.80. The molecule has 0 aliphatic heterocycles. The van der Waals surface area contributed by atoms with Crippen LogP contribution in [0.15, 0.2) is 23.2 Å². The van der Waals surface area contributed by atoms with Crippen LogP contribution in [0.2, 0.25) is 5.02 Å². The van der Waals surface area contributed by atoms with Gasteiger partial charge in [0.2, 0.25) is 0 Å². The third kappa shape index (κ3) is 3.33. The molecule has 1 amide bonds. The molecule has 8 heteroatoms. The highest BCUT2D eigenvalue weighted by molar-refractivity contribution is 7.94. The number of halogens is 2. The molecule has 5 nitrogen and oxygen atoms in total.